The lowest BCUT2D eigenvalue weighted by Crippen LogP contribution is -2.11. The standard InChI is InChI=1S/C11H8BrFN2OS/c12-7-3-4-17-10(7)11(16)15-6-1-2-9(14)8(13)5-6/h1-5H,14H2,(H,15,16). The molecule has 2 aromatic rings. The fourth-order valence-corrected chi connectivity index (χ4v) is 2.69. The molecule has 3 nitrogen and oxygen atoms in total. The van der Waals surface area contributed by atoms with Crippen LogP contribution in [0.3, 0.4) is 0 Å². The Morgan fingerprint density at radius 1 is 1.41 bits per heavy atom. The molecule has 0 aliphatic heterocycles. The lowest BCUT2D eigenvalue weighted by molar-refractivity contribution is 0.103. The van der Waals surface area contributed by atoms with Gasteiger partial charge in [-0.3, -0.25) is 4.79 Å². The third-order valence-electron chi connectivity index (χ3n) is 2.08. The van der Waals surface area contributed by atoms with E-state index in [9.17, 15) is 9.18 Å². The molecule has 17 heavy (non-hydrogen) atoms. The molecular weight excluding hydrogens is 307 g/mol. The molecule has 6 heteroatoms. The molecule has 0 aliphatic carbocycles. The topological polar surface area (TPSA) is 55.1 Å². The maximum atomic E-state index is 13.2. The van der Waals surface area contributed by atoms with Crippen LogP contribution in [0.1, 0.15) is 9.67 Å². The van der Waals surface area contributed by atoms with Crippen LogP contribution in [0.5, 0.6) is 0 Å². The van der Waals surface area contributed by atoms with Gasteiger partial charge in [0.15, 0.2) is 0 Å². The van der Waals surface area contributed by atoms with Crippen LogP contribution >= 0.6 is 27.3 Å². The Bertz CT molecular complexity index is 570. The van der Waals surface area contributed by atoms with Gasteiger partial charge in [-0.1, -0.05) is 0 Å². The van der Waals surface area contributed by atoms with Crippen LogP contribution in [0.15, 0.2) is 34.1 Å². The van der Waals surface area contributed by atoms with E-state index < -0.39 is 5.82 Å². The maximum absolute atomic E-state index is 13.2. The van der Waals surface area contributed by atoms with Gasteiger partial charge >= 0.3 is 0 Å². The Morgan fingerprint density at radius 2 is 2.18 bits per heavy atom. The van der Waals surface area contributed by atoms with Gasteiger partial charge < -0.3 is 11.1 Å². The van der Waals surface area contributed by atoms with Crippen molar-refractivity contribution < 1.29 is 9.18 Å². The van der Waals surface area contributed by atoms with Crippen LogP contribution in [-0.4, -0.2) is 5.91 Å². The third kappa shape index (κ3) is 2.65. The second kappa shape index (κ2) is 4.85. The Labute approximate surface area is 110 Å². The highest BCUT2D eigenvalue weighted by Crippen LogP contribution is 2.24. The number of hydrogen-bond donors (Lipinski definition) is 2. The summed E-state index contributed by atoms with van der Waals surface area (Å²) in [5.41, 5.74) is 5.78. The number of rotatable bonds is 2. The van der Waals surface area contributed by atoms with Crippen molar-refractivity contribution in [3.05, 3.63) is 44.8 Å². The number of carbonyl (C=O) groups excluding carboxylic acids is 1. The molecule has 1 amide bonds. The van der Waals surface area contributed by atoms with E-state index >= 15 is 0 Å². The van der Waals surface area contributed by atoms with E-state index in [1.54, 1.807) is 17.5 Å². The van der Waals surface area contributed by atoms with Gasteiger partial charge in [0.25, 0.3) is 5.91 Å². The van der Waals surface area contributed by atoms with Gasteiger partial charge in [-0.25, -0.2) is 4.39 Å². The predicted molar refractivity (Wildman–Crippen MR) is 70.8 cm³/mol. The Balaban J connectivity index is 2.19. The van der Waals surface area contributed by atoms with Crippen molar-refractivity contribution in [3.8, 4) is 0 Å². The van der Waals surface area contributed by atoms with Crippen LogP contribution in [0.2, 0.25) is 0 Å². The average Bonchev–Trinajstić information content (AvgIpc) is 2.70. The van der Waals surface area contributed by atoms with Crippen molar-refractivity contribution in [3.63, 3.8) is 0 Å². The van der Waals surface area contributed by atoms with Crippen molar-refractivity contribution in [1.29, 1.82) is 0 Å². The molecule has 0 spiro atoms. The summed E-state index contributed by atoms with van der Waals surface area (Å²) in [7, 11) is 0. The van der Waals surface area contributed by atoms with Crippen LogP contribution < -0.4 is 11.1 Å². The minimum absolute atomic E-state index is 0.0558. The van der Waals surface area contributed by atoms with Gasteiger partial charge in [0.1, 0.15) is 10.7 Å². The molecule has 0 fully saturated rings. The number of nitrogens with one attached hydrogen (secondary N) is 1. The molecule has 0 aliphatic rings. The lowest BCUT2D eigenvalue weighted by atomic mass is 10.2. The van der Waals surface area contributed by atoms with Gasteiger partial charge in [-0.15, -0.1) is 11.3 Å². The molecule has 2 rings (SSSR count). The number of carbonyl (C=O) groups is 1. The maximum Gasteiger partial charge on any atom is 0.266 e. The van der Waals surface area contributed by atoms with Crippen molar-refractivity contribution >= 4 is 44.5 Å². The molecule has 0 bridgehead atoms. The van der Waals surface area contributed by atoms with Crippen LogP contribution in [-0.2, 0) is 0 Å². The van der Waals surface area contributed by atoms with E-state index in [0.29, 0.717) is 10.6 Å². The molecule has 0 radical (unpaired) electrons. The molecule has 1 aromatic carbocycles. The summed E-state index contributed by atoms with van der Waals surface area (Å²) in [6, 6.07) is 5.93. The summed E-state index contributed by atoms with van der Waals surface area (Å²) < 4.78 is 13.9. The normalized spacial score (nSPS) is 10.2. The molecule has 88 valence electrons. The summed E-state index contributed by atoms with van der Waals surface area (Å²) in [5.74, 6) is -0.830. The zero-order chi connectivity index (χ0) is 12.4. The van der Waals surface area contributed by atoms with E-state index in [0.717, 1.165) is 4.47 Å². The van der Waals surface area contributed by atoms with E-state index in [4.69, 9.17) is 5.73 Å². The van der Waals surface area contributed by atoms with Crippen molar-refractivity contribution in [1.82, 2.24) is 0 Å². The molecule has 1 aromatic heterocycles. The van der Waals surface area contributed by atoms with E-state index in [-0.39, 0.29) is 11.6 Å². The molecule has 0 saturated heterocycles. The number of nitrogens with two attached hydrogens (primary N) is 1. The quantitative estimate of drug-likeness (QED) is 0.834. The van der Waals surface area contributed by atoms with Crippen molar-refractivity contribution in [2.24, 2.45) is 0 Å². The van der Waals surface area contributed by atoms with Crippen LogP contribution in [0.25, 0.3) is 0 Å². The molecular formula is C11H8BrFN2OS. The summed E-state index contributed by atoms with van der Waals surface area (Å²) >= 11 is 4.57. The molecule has 1 heterocycles. The van der Waals surface area contributed by atoms with Crippen LogP contribution in [0.4, 0.5) is 15.8 Å². The first-order chi connectivity index (χ1) is 8.08. The number of thiophene rings is 1. The van der Waals surface area contributed by atoms with Crippen molar-refractivity contribution in [2.45, 2.75) is 0 Å². The largest absolute Gasteiger partial charge is 0.396 e. The summed E-state index contributed by atoms with van der Waals surface area (Å²) in [5, 5.41) is 4.39. The number of anilines is 2. The Kier molecular flexibility index (Phi) is 3.44. The lowest BCUT2D eigenvalue weighted by Gasteiger charge is -2.05. The molecule has 0 unspecified atom stereocenters. The fourth-order valence-electron chi connectivity index (χ4n) is 1.25. The minimum Gasteiger partial charge on any atom is -0.396 e. The Morgan fingerprint density at radius 3 is 2.76 bits per heavy atom. The SMILES string of the molecule is Nc1ccc(NC(=O)c2sccc2Br)cc1F. The monoisotopic (exact) mass is 314 g/mol. The van der Waals surface area contributed by atoms with Gasteiger partial charge in [0.2, 0.25) is 0 Å². The highest BCUT2D eigenvalue weighted by molar-refractivity contribution is 9.10. The van der Waals surface area contributed by atoms with Gasteiger partial charge in [-0.05, 0) is 45.6 Å². The second-order valence-corrected chi connectivity index (χ2v) is 5.06. The zero-order valence-electron chi connectivity index (χ0n) is 8.54. The number of benzene rings is 1. The second-order valence-electron chi connectivity index (χ2n) is 3.29. The average molecular weight is 315 g/mol. The first-order valence-electron chi connectivity index (χ1n) is 4.67. The number of amides is 1. The zero-order valence-corrected chi connectivity index (χ0v) is 10.9. The molecule has 0 atom stereocenters. The van der Waals surface area contributed by atoms with Crippen LogP contribution in [0, 0.1) is 5.82 Å². The summed E-state index contributed by atoms with van der Waals surface area (Å²) in [6.07, 6.45) is 0. The predicted octanol–water partition coefficient (Wildman–Crippen LogP) is 3.48. The van der Waals surface area contributed by atoms with Gasteiger partial charge in [0, 0.05) is 10.2 Å². The summed E-state index contributed by atoms with van der Waals surface area (Å²) in [4.78, 5) is 12.4. The van der Waals surface area contributed by atoms with Gasteiger partial charge in [-0.2, -0.15) is 0 Å². The first kappa shape index (κ1) is 12.1. The highest BCUT2D eigenvalue weighted by atomic mass is 79.9. The van der Waals surface area contributed by atoms with E-state index in [1.165, 1.54) is 23.5 Å². The van der Waals surface area contributed by atoms with E-state index in [1.807, 2.05) is 0 Å². The molecule has 0 saturated carbocycles. The Hall–Kier alpha value is -1.40. The number of nitrogen functional groups attached to an aromatic ring is 1. The minimum atomic E-state index is -0.548. The fraction of sp³-hybridized carbons (Fsp3) is 0. The van der Waals surface area contributed by atoms with Gasteiger partial charge in [0.05, 0.1) is 5.69 Å². The smallest absolute Gasteiger partial charge is 0.266 e. The van der Waals surface area contributed by atoms with Crippen molar-refractivity contribution in [2.75, 3.05) is 11.1 Å². The third-order valence-corrected chi connectivity index (χ3v) is 3.92. The highest BCUT2D eigenvalue weighted by Gasteiger charge is 2.12. The summed E-state index contributed by atoms with van der Waals surface area (Å²) in [6.45, 7) is 0. The number of hydrogen-bond acceptors (Lipinski definition) is 3. The number of halogens is 2. The van der Waals surface area contributed by atoms with E-state index in [2.05, 4.69) is 21.2 Å². The molecule has 3 N–H and O–H groups in total. The first-order valence-corrected chi connectivity index (χ1v) is 6.34.